The number of piperidine rings is 1. The van der Waals surface area contributed by atoms with Gasteiger partial charge in [0.1, 0.15) is 5.75 Å². The summed E-state index contributed by atoms with van der Waals surface area (Å²) in [5, 5.41) is 3.19. The SMILES string of the molecule is COc1ccc([C@@H](CNC(=O)c2ccccc2SCC(=O)N2CCCC2)N2CCCCC2)cc1. The standard InChI is InChI=1S/C27H35N3O3S/c1-33-22-13-11-21(12-14-22)24(29-15-5-2-6-16-29)19-28-27(32)23-9-3-4-10-25(23)34-20-26(31)30-17-7-8-18-30/h3-4,9-14,24H,2,5-8,15-20H2,1H3,(H,28,32)/t24-/m1/s1. The average molecular weight is 482 g/mol. The number of nitrogens with zero attached hydrogens (tertiary/aromatic N) is 2. The van der Waals surface area contributed by atoms with Crippen LogP contribution >= 0.6 is 11.8 Å². The number of carbonyl (C=O) groups excluding carboxylic acids is 2. The Hall–Kier alpha value is -2.51. The Labute approximate surface area is 207 Å². The van der Waals surface area contributed by atoms with E-state index in [4.69, 9.17) is 4.74 Å². The molecule has 1 N–H and O–H groups in total. The molecule has 2 amide bonds. The normalized spacial score (nSPS) is 17.4. The number of benzene rings is 2. The van der Waals surface area contributed by atoms with Crippen molar-refractivity contribution in [2.75, 3.05) is 45.6 Å². The molecule has 0 aliphatic carbocycles. The third-order valence-corrected chi connectivity index (χ3v) is 7.79. The van der Waals surface area contributed by atoms with Crippen molar-refractivity contribution in [3.05, 3.63) is 59.7 Å². The minimum absolute atomic E-state index is 0.0905. The molecule has 2 heterocycles. The Morgan fingerprint density at radius 2 is 1.62 bits per heavy atom. The van der Waals surface area contributed by atoms with E-state index in [1.165, 1.54) is 36.6 Å². The minimum Gasteiger partial charge on any atom is -0.497 e. The van der Waals surface area contributed by atoms with Crippen LogP contribution in [0.25, 0.3) is 0 Å². The molecular formula is C27H35N3O3S. The van der Waals surface area contributed by atoms with E-state index in [0.717, 1.165) is 49.7 Å². The summed E-state index contributed by atoms with van der Waals surface area (Å²) in [4.78, 5) is 31.0. The Balaban J connectivity index is 1.42. The molecule has 0 radical (unpaired) electrons. The Morgan fingerprint density at radius 3 is 2.32 bits per heavy atom. The second kappa shape index (κ2) is 12.3. The maximum Gasteiger partial charge on any atom is 0.252 e. The number of nitrogens with one attached hydrogen (secondary N) is 1. The minimum atomic E-state index is -0.0905. The molecule has 2 aliphatic rings. The molecule has 6 nitrogen and oxygen atoms in total. The fourth-order valence-corrected chi connectivity index (χ4v) is 5.73. The number of rotatable bonds is 9. The van der Waals surface area contributed by atoms with Crippen molar-refractivity contribution in [2.24, 2.45) is 0 Å². The van der Waals surface area contributed by atoms with E-state index in [9.17, 15) is 9.59 Å². The van der Waals surface area contributed by atoms with Crippen LogP contribution in [-0.2, 0) is 4.79 Å². The van der Waals surface area contributed by atoms with Gasteiger partial charge in [-0.3, -0.25) is 14.5 Å². The number of thioether (sulfide) groups is 1. The Morgan fingerprint density at radius 1 is 0.941 bits per heavy atom. The summed E-state index contributed by atoms with van der Waals surface area (Å²) in [7, 11) is 1.67. The molecule has 4 rings (SSSR count). The summed E-state index contributed by atoms with van der Waals surface area (Å²) < 4.78 is 5.32. The average Bonchev–Trinajstić information content (AvgIpc) is 3.44. The molecule has 0 unspecified atom stereocenters. The van der Waals surface area contributed by atoms with E-state index in [2.05, 4.69) is 22.3 Å². The van der Waals surface area contributed by atoms with Gasteiger partial charge in [-0.25, -0.2) is 0 Å². The number of likely N-dealkylation sites (tertiary alicyclic amines) is 2. The lowest BCUT2D eigenvalue weighted by Crippen LogP contribution is -2.40. The molecule has 7 heteroatoms. The topological polar surface area (TPSA) is 61.9 Å². The highest BCUT2D eigenvalue weighted by Crippen LogP contribution is 2.27. The summed E-state index contributed by atoms with van der Waals surface area (Å²) in [5.41, 5.74) is 1.82. The van der Waals surface area contributed by atoms with Gasteiger partial charge in [0.25, 0.3) is 5.91 Å². The summed E-state index contributed by atoms with van der Waals surface area (Å²) in [6.45, 7) is 4.32. The highest BCUT2D eigenvalue weighted by Gasteiger charge is 2.24. The summed E-state index contributed by atoms with van der Waals surface area (Å²) in [6, 6.07) is 15.9. The summed E-state index contributed by atoms with van der Waals surface area (Å²) >= 11 is 1.46. The van der Waals surface area contributed by atoms with Gasteiger partial charge in [-0.15, -0.1) is 11.8 Å². The van der Waals surface area contributed by atoms with E-state index in [1.54, 1.807) is 7.11 Å². The van der Waals surface area contributed by atoms with E-state index >= 15 is 0 Å². The van der Waals surface area contributed by atoms with Crippen molar-refractivity contribution in [1.29, 1.82) is 0 Å². The van der Waals surface area contributed by atoms with E-state index < -0.39 is 0 Å². The molecule has 2 aromatic carbocycles. The van der Waals surface area contributed by atoms with Crippen molar-refractivity contribution in [1.82, 2.24) is 15.1 Å². The molecule has 0 aromatic heterocycles. The van der Waals surface area contributed by atoms with Crippen LogP contribution in [0.1, 0.15) is 54.1 Å². The molecule has 2 fully saturated rings. The smallest absolute Gasteiger partial charge is 0.252 e. The van der Waals surface area contributed by atoms with Crippen LogP contribution in [0.2, 0.25) is 0 Å². The van der Waals surface area contributed by atoms with Gasteiger partial charge in [-0.1, -0.05) is 30.7 Å². The van der Waals surface area contributed by atoms with Gasteiger partial charge in [0.15, 0.2) is 0 Å². The van der Waals surface area contributed by atoms with Gasteiger partial charge in [-0.2, -0.15) is 0 Å². The zero-order chi connectivity index (χ0) is 23.8. The third kappa shape index (κ3) is 6.33. The molecule has 182 valence electrons. The van der Waals surface area contributed by atoms with Crippen LogP contribution in [-0.4, -0.2) is 67.2 Å². The second-order valence-corrected chi connectivity index (χ2v) is 9.99. The first-order chi connectivity index (χ1) is 16.7. The monoisotopic (exact) mass is 481 g/mol. The summed E-state index contributed by atoms with van der Waals surface area (Å²) in [6.07, 6.45) is 5.80. The Kier molecular flexibility index (Phi) is 8.88. The highest BCUT2D eigenvalue weighted by atomic mass is 32.2. The van der Waals surface area contributed by atoms with E-state index in [0.29, 0.717) is 17.9 Å². The molecule has 1 atom stereocenters. The van der Waals surface area contributed by atoms with Crippen molar-refractivity contribution in [2.45, 2.75) is 43.0 Å². The number of methoxy groups -OCH3 is 1. The quantitative estimate of drug-likeness (QED) is 0.539. The van der Waals surface area contributed by atoms with Gasteiger partial charge in [0.2, 0.25) is 5.91 Å². The summed E-state index contributed by atoms with van der Waals surface area (Å²) in [5.74, 6) is 1.27. The molecule has 0 spiro atoms. The zero-order valence-corrected chi connectivity index (χ0v) is 20.8. The molecular weight excluding hydrogens is 446 g/mol. The van der Waals surface area contributed by atoms with E-state index in [1.807, 2.05) is 41.3 Å². The molecule has 2 saturated heterocycles. The fraction of sp³-hybridized carbons (Fsp3) is 0.481. The van der Waals surface area contributed by atoms with Crippen molar-refractivity contribution in [3.8, 4) is 5.75 Å². The molecule has 34 heavy (non-hydrogen) atoms. The Bertz CT molecular complexity index is 954. The number of carbonyl (C=O) groups is 2. The maximum absolute atomic E-state index is 13.2. The maximum atomic E-state index is 13.2. The predicted molar refractivity (Wildman–Crippen MR) is 136 cm³/mol. The largest absolute Gasteiger partial charge is 0.497 e. The number of hydrogen-bond acceptors (Lipinski definition) is 5. The lowest BCUT2D eigenvalue weighted by molar-refractivity contribution is -0.127. The van der Waals surface area contributed by atoms with Crippen molar-refractivity contribution in [3.63, 3.8) is 0 Å². The first-order valence-corrected chi connectivity index (χ1v) is 13.3. The zero-order valence-electron chi connectivity index (χ0n) is 20.0. The first-order valence-electron chi connectivity index (χ1n) is 12.3. The van der Waals surface area contributed by atoms with Gasteiger partial charge >= 0.3 is 0 Å². The van der Waals surface area contributed by atoms with Crippen LogP contribution in [0.4, 0.5) is 0 Å². The van der Waals surface area contributed by atoms with Crippen LogP contribution in [0, 0.1) is 0 Å². The van der Waals surface area contributed by atoms with Crippen LogP contribution in [0.3, 0.4) is 0 Å². The molecule has 2 aromatic rings. The van der Waals surface area contributed by atoms with Gasteiger partial charge in [0.05, 0.1) is 24.5 Å². The highest BCUT2D eigenvalue weighted by molar-refractivity contribution is 8.00. The number of ether oxygens (including phenoxy) is 1. The van der Waals surface area contributed by atoms with Crippen LogP contribution in [0.5, 0.6) is 5.75 Å². The van der Waals surface area contributed by atoms with Crippen LogP contribution < -0.4 is 10.1 Å². The lowest BCUT2D eigenvalue weighted by atomic mass is 10.0. The predicted octanol–water partition coefficient (Wildman–Crippen LogP) is 4.37. The fourth-order valence-electron chi connectivity index (χ4n) is 4.78. The second-order valence-electron chi connectivity index (χ2n) is 8.97. The van der Waals surface area contributed by atoms with Gasteiger partial charge < -0.3 is 15.0 Å². The first kappa shape index (κ1) is 24.6. The lowest BCUT2D eigenvalue weighted by Gasteiger charge is -2.35. The molecule has 2 aliphatic heterocycles. The molecule has 0 saturated carbocycles. The van der Waals surface area contributed by atoms with Gasteiger partial charge in [-0.05, 0) is 68.6 Å². The number of hydrogen-bond donors (Lipinski definition) is 1. The third-order valence-electron chi connectivity index (χ3n) is 6.73. The van der Waals surface area contributed by atoms with E-state index in [-0.39, 0.29) is 17.9 Å². The van der Waals surface area contributed by atoms with Crippen LogP contribution in [0.15, 0.2) is 53.4 Å². The van der Waals surface area contributed by atoms with Crippen molar-refractivity contribution >= 4 is 23.6 Å². The van der Waals surface area contributed by atoms with Crippen molar-refractivity contribution < 1.29 is 14.3 Å². The number of amides is 2. The van der Waals surface area contributed by atoms with Gasteiger partial charge in [0, 0.05) is 24.5 Å². The molecule has 0 bridgehead atoms.